The lowest BCUT2D eigenvalue weighted by Gasteiger charge is -2.47. The molecule has 0 spiro atoms. The molecule has 0 saturated heterocycles. The van der Waals surface area contributed by atoms with Gasteiger partial charge in [-0.3, -0.25) is 0 Å². The Balaban J connectivity index is 2.34. The van der Waals surface area contributed by atoms with Gasteiger partial charge in [0.15, 0.2) is 8.07 Å². The number of hydrogen-bond acceptors (Lipinski definition) is 1. The van der Waals surface area contributed by atoms with Crippen LogP contribution in [0.25, 0.3) is 0 Å². The van der Waals surface area contributed by atoms with Crippen LogP contribution in [0.2, 0.25) is 5.04 Å². The first-order valence-electron chi connectivity index (χ1n) is 8.92. The van der Waals surface area contributed by atoms with E-state index >= 15 is 0 Å². The smallest absolute Gasteiger partial charge is 0.159 e. The Bertz CT molecular complexity index is 817. The molecule has 0 bridgehead atoms. The molecule has 26 heavy (non-hydrogen) atoms. The zero-order chi connectivity index (χ0) is 18.8. The highest BCUT2D eigenvalue weighted by Gasteiger charge is 2.53. The van der Waals surface area contributed by atoms with Gasteiger partial charge in [-0.15, -0.1) is 0 Å². The quantitative estimate of drug-likeness (QED) is 0.678. The fourth-order valence-electron chi connectivity index (χ4n) is 4.09. The van der Waals surface area contributed by atoms with Gasteiger partial charge in [-0.1, -0.05) is 104 Å². The van der Waals surface area contributed by atoms with Crippen LogP contribution >= 0.6 is 0 Å². The number of rotatable bonds is 4. The molecule has 3 rings (SSSR count). The molecule has 0 aromatic heterocycles. The molecule has 0 aliphatic heterocycles. The molecule has 3 heteroatoms. The third-order valence-electron chi connectivity index (χ3n) is 5.22. The maximum atomic E-state index is 13.9. The Morgan fingerprint density at radius 1 is 0.769 bits per heavy atom. The van der Waals surface area contributed by atoms with Gasteiger partial charge in [-0.2, -0.15) is 0 Å². The largest absolute Gasteiger partial charge is 0.391 e. The first-order chi connectivity index (χ1) is 12.4. The van der Waals surface area contributed by atoms with Crippen molar-refractivity contribution in [3.05, 3.63) is 96.3 Å². The van der Waals surface area contributed by atoms with E-state index in [2.05, 4.69) is 45.0 Å². The van der Waals surface area contributed by atoms with Crippen LogP contribution in [0.15, 0.2) is 84.9 Å². The van der Waals surface area contributed by atoms with E-state index in [1.165, 1.54) is 12.1 Å². The maximum absolute atomic E-state index is 13.9. The molecule has 0 saturated carbocycles. The molecule has 1 atom stereocenters. The zero-order valence-electron chi connectivity index (χ0n) is 15.5. The average Bonchev–Trinajstić information content (AvgIpc) is 2.63. The number of halogens is 1. The highest BCUT2D eigenvalue weighted by atomic mass is 28.3. The normalized spacial score (nSPS) is 13.4. The first-order valence-corrected chi connectivity index (χ1v) is 11.0. The highest BCUT2D eigenvalue weighted by molar-refractivity contribution is 7.04. The van der Waals surface area contributed by atoms with E-state index in [4.69, 9.17) is 0 Å². The summed E-state index contributed by atoms with van der Waals surface area (Å²) in [6, 6.07) is 26.8. The summed E-state index contributed by atoms with van der Waals surface area (Å²) in [7, 11) is -2.73. The Morgan fingerprint density at radius 3 is 1.69 bits per heavy atom. The number of aliphatic hydroxyl groups is 1. The molecule has 0 radical (unpaired) electrons. The van der Waals surface area contributed by atoms with Crippen LogP contribution in [-0.2, 0) is 0 Å². The van der Waals surface area contributed by atoms with E-state index in [0.29, 0.717) is 5.56 Å². The van der Waals surface area contributed by atoms with Crippen molar-refractivity contribution in [2.45, 2.75) is 31.5 Å². The van der Waals surface area contributed by atoms with Gasteiger partial charge >= 0.3 is 0 Å². The second-order valence-corrected chi connectivity index (χ2v) is 12.6. The molecular formula is C23H25FOSi. The SMILES string of the molecule is CC(C)(C)[Si](c1ccccc1)(c1ccccc1)C(O)c1cccc(F)c1. The van der Waals surface area contributed by atoms with Gasteiger partial charge in [0.25, 0.3) is 0 Å². The monoisotopic (exact) mass is 364 g/mol. The lowest BCUT2D eigenvalue weighted by Crippen LogP contribution is -2.68. The third kappa shape index (κ3) is 3.13. The van der Waals surface area contributed by atoms with E-state index in [0.717, 1.165) is 10.4 Å². The number of hydrogen-bond donors (Lipinski definition) is 1. The van der Waals surface area contributed by atoms with E-state index in [-0.39, 0.29) is 10.9 Å². The predicted octanol–water partition coefficient (Wildman–Crippen LogP) is 4.46. The van der Waals surface area contributed by atoms with Gasteiger partial charge in [0, 0.05) is 0 Å². The minimum Gasteiger partial charge on any atom is -0.391 e. The van der Waals surface area contributed by atoms with E-state index < -0.39 is 13.8 Å². The van der Waals surface area contributed by atoms with Crippen LogP contribution in [0, 0.1) is 5.82 Å². The van der Waals surface area contributed by atoms with Crippen LogP contribution < -0.4 is 10.4 Å². The van der Waals surface area contributed by atoms with E-state index in [1.54, 1.807) is 6.07 Å². The summed E-state index contributed by atoms with van der Waals surface area (Å²) in [4.78, 5) is 0. The summed E-state index contributed by atoms with van der Waals surface area (Å²) in [5.41, 5.74) is -0.123. The molecule has 3 aromatic rings. The fourth-order valence-corrected chi connectivity index (χ4v) is 9.72. The van der Waals surface area contributed by atoms with Gasteiger partial charge in [0.05, 0.1) is 5.73 Å². The molecular weight excluding hydrogens is 339 g/mol. The lowest BCUT2D eigenvalue weighted by atomic mass is 10.2. The van der Waals surface area contributed by atoms with Crippen molar-refractivity contribution in [2.75, 3.05) is 0 Å². The summed E-state index contributed by atoms with van der Waals surface area (Å²) in [6.07, 6.45) is 0. The molecule has 0 fully saturated rings. The molecule has 1 N–H and O–H groups in total. The van der Waals surface area contributed by atoms with E-state index in [9.17, 15) is 9.50 Å². The molecule has 1 unspecified atom stereocenters. The van der Waals surface area contributed by atoms with Crippen molar-refractivity contribution in [1.82, 2.24) is 0 Å². The van der Waals surface area contributed by atoms with Gasteiger partial charge in [-0.05, 0) is 22.7 Å². The molecule has 0 heterocycles. The van der Waals surface area contributed by atoms with Crippen LogP contribution in [0.4, 0.5) is 4.39 Å². The summed E-state index contributed by atoms with van der Waals surface area (Å²) in [5.74, 6) is -0.320. The van der Waals surface area contributed by atoms with Crippen LogP contribution in [-0.4, -0.2) is 13.2 Å². The van der Waals surface area contributed by atoms with Crippen molar-refractivity contribution < 1.29 is 9.50 Å². The molecule has 134 valence electrons. The minimum absolute atomic E-state index is 0.193. The molecule has 3 aromatic carbocycles. The summed E-state index contributed by atoms with van der Waals surface area (Å²) >= 11 is 0. The third-order valence-corrected chi connectivity index (χ3v) is 11.2. The Labute approximate surface area is 156 Å². The first kappa shape index (κ1) is 18.6. The van der Waals surface area contributed by atoms with Crippen LogP contribution in [0.5, 0.6) is 0 Å². The predicted molar refractivity (Wildman–Crippen MR) is 109 cm³/mol. The standard InChI is InChI=1S/C23H25FOSi/c1-23(2,3)26(20-13-6-4-7-14-20,21-15-8-5-9-16-21)22(25)18-11-10-12-19(24)17-18/h4-17,22,25H,1-3H3. The topological polar surface area (TPSA) is 20.2 Å². The van der Waals surface area contributed by atoms with Crippen molar-refractivity contribution >= 4 is 18.4 Å². The van der Waals surface area contributed by atoms with Crippen LogP contribution in [0.3, 0.4) is 0 Å². The van der Waals surface area contributed by atoms with Crippen molar-refractivity contribution in [3.8, 4) is 0 Å². The zero-order valence-corrected chi connectivity index (χ0v) is 16.5. The van der Waals surface area contributed by atoms with Crippen molar-refractivity contribution in [2.24, 2.45) is 0 Å². The van der Waals surface area contributed by atoms with Gasteiger partial charge in [0.2, 0.25) is 0 Å². The molecule has 1 nitrogen and oxygen atoms in total. The average molecular weight is 365 g/mol. The van der Waals surface area contributed by atoms with E-state index in [1.807, 2.05) is 42.5 Å². The Morgan fingerprint density at radius 2 is 1.27 bits per heavy atom. The number of aliphatic hydroxyl groups excluding tert-OH is 1. The minimum atomic E-state index is -2.73. The second kappa shape index (κ2) is 7.18. The molecule has 0 amide bonds. The molecule has 0 aliphatic rings. The summed E-state index contributed by atoms with van der Waals surface area (Å²) in [6.45, 7) is 6.55. The van der Waals surface area contributed by atoms with Crippen molar-refractivity contribution in [1.29, 1.82) is 0 Å². The van der Waals surface area contributed by atoms with Gasteiger partial charge in [0.1, 0.15) is 5.82 Å². The summed E-state index contributed by atoms with van der Waals surface area (Å²) in [5, 5.41) is 13.8. The number of benzene rings is 3. The van der Waals surface area contributed by atoms with Crippen LogP contribution in [0.1, 0.15) is 32.1 Å². The summed E-state index contributed by atoms with van der Waals surface area (Å²) < 4.78 is 13.9. The highest BCUT2D eigenvalue weighted by Crippen LogP contribution is 2.43. The van der Waals surface area contributed by atoms with Crippen molar-refractivity contribution in [3.63, 3.8) is 0 Å². The fraction of sp³-hybridized carbons (Fsp3) is 0.217. The maximum Gasteiger partial charge on any atom is 0.159 e. The van der Waals surface area contributed by atoms with Gasteiger partial charge in [-0.25, -0.2) is 4.39 Å². The van der Waals surface area contributed by atoms with Gasteiger partial charge < -0.3 is 5.11 Å². The lowest BCUT2D eigenvalue weighted by molar-refractivity contribution is 0.246. The Hall–Kier alpha value is -2.23. The molecule has 0 aliphatic carbocycles. The second-order valence-electron chi connectivity index (χ2n) is 7.75. The Kier molecular flexibility index (Phi) is 5.12.